The van der Waals surface area contributed by atoms with Crippen molar-refractivity contribution in [1.82, 2.24) is 9.80 Å². The van der Waals surface area contributed by atoms with Crippen LogP contribution < -0.4 is 0 Å². The fraction of sp³-hybridized carbons (Fsp3) is 0.750. The maximum Gasteiger partial charge on any atom is 0.0164 e. The van der Waals surface area contributed by atoms with E-state index in [0.29, 0.717) is 0 Å². The van der Waals surface area contributed by atoms with E-state index < -0.39 is 0 Å². The smallest absolute Gasteiger partial charge is 0.0164 e. The van der Waals surface area contributed by atoms with Crippen LogP contribution in [0.1, 0.15) is 40.5 Å². The van der Waals surface area contributed by atoms with Crippen LogP contribution in [0.5, 0.6) is 0 Å². The molecular weight excluding hydrogens is 220 g/mol. The fourth-order valence-corrected chi connectivity index (χ4v) is 1.93. The molecule has 1 aliphatic rings. The van der Waals surface area contributed by atoms with E-state index in [9.17, 15) is 0 Å². The summed E-state index contributed by atoms with van der Waals surface area (Å²) in [4.78, 5) is 5.07. The maximum atomic E-state index is 2.53. The molecule has 1 fully saturated rings. The molecule has 0 radical (unpaired) electrons. The number of piperazine rings is 1. The summed E-state index contributed by atoms with van der Waals surface area (Å²) >= 11 is 0. The molecule has 1 rings (SSSR count). The Morgan fingerprint density at radius 1 is 0.667 bits per heavy atom. The van der Waals surface area contributed by atoms with Crippen LogP contribution in [0.2, 0.25) is 0 Å². The Morgan fingerprint density at radius 2 is 1.00 bits per heavy atom. The highest BCUT2D eigenvalue weighted by molar-refractivity contribution is 4.88. The zero-order valence-electron chi connectivity index (χ0n) is 12.9. The van der Waals surface area contributed by atoms with Crippen molar-refractivity contribution in [2.75, 3.05) is 39.3 Å². The summed E-state index contributed by atoms with van der Waals surface area (Å²) in [5.74, 6) is 0. The molecule has 106 valence electrons. The van der Waals surface area contributed by atoms with Crippen LogP contribution in [0.3, 0.4) is 0 Å². The van der Waals surface area contributed by atoms with Gasteiger partial charge in [0.25, 0.3) is 0 Å². The van der Waals surface area contributed by atoms with Gasteiger partial charge in [0.1, 0.15) is 0 Å². The molecule has 0 atom stereocenters. The average molecular weight is 252 g/mol. The molecule has 0 aromatic rings. The molecule has 0 aromatic carbocycles. The Hall–Kier alpha value is -0.600. The second-order valence-electron chi connectivity index (χ2n) is 4.36. The second kappa shape index (κ2) is 12.8. The van der Waals surface area contributed by atoms with Crippen molar-refractivity contribution in [2.45, 2.75) is 40.5 Å². The molecule has 2 nitrogen and oxygen atoms in total. The quantitative estimate of drug-likeness (QED) is 0.667. The molecule has 0 aliphatic carbocycles. The Labute approximate surface area is 114 Å². The Kier molecular flexibility index (Phi) is 12.4. The first-order chi connectivity index (χ1) is 8.86. The maximum absolute atomic E-state index is 2.53. The van der Waals surface area contributed by atoms with Crippen molar-refractivity contribution in [3.8, 4) is 0 Å². The third kappa shape index (κ3) is 8.48. The lowest BCUT2D eigenvalue weighted by atomic mass is 10.3. The molecular formula is C16H32N2. The molecule has 0 spiro atoms. The number of hydrogen-bond acceptors (Lipinski definition) is 2. The van der Waals surface area contributed by atoms with Gasteiger partial charge in [-0.2, -0.15) is 0 Å². The third-order valence-electron chi connectivity index (χ3n) is 3.00. The molecule has 18 heavy (non-hydrogen) atoms. The molecule has 1 heterocycles. The predicted octanol–water partition coefficient (Wildman–Crippen LogP) is 3.56. The Morgan fingerprint density at radius 3 is 1.28 bits per heavy atom. The van der Waals surface area contributed by atoms with Crippen LogP contribution in [0.15, 0.2) is 24.3 Å². The lowest BCUT2D eigenvalue weighted by Crippen LogP contribution is -2.46. The van der Waals surface area contributed by atoms with Crippen molar-refractivity contribution < 1.29 is 0 Å². The van der Waals surface area contributed by atoms with E-state index in [0.717, 1.165) is 25.9 Å². The molecule has 1 aliphatic heterocycles. The van der Waals surface area contributed by atoms with Crippen LogP contribution in [-0.2, 0) is 0 Å². The van der Waals surface area contributed by atoms with E-state index in [1.807, 2.05) is 13.8 Å². The van der Waals surface area contributed by atoms with Crippen LogP contribution in [0.4, 0.5) is 0 Å². The van der Waals surface area contributed by atoms with Crippen LogP contribution in [0, 0.1) is 0 Å². The lowest BCUT2D eigenvalue weighted by Gasteiger charge is -2.33. The zero-order valence-corrected chi connectivity index (χ0v) is 12.9. The second-order valence-corrected chi connectivity index (χ2v) is 4.36. The summed E-state index contributed by atoms with van der Waals surface area (Å²) in [7, 11) is 0. The molecule has 0 aromatic heterocycles. The van der Waals surface area contributed by atoms with Crippen molar-refractivity contribution in [1.29, 1.82) is 0 Å². The van der Waals surface area contributed by atoms with E-state index in [4.69, 9.17) is 0 Å². The Bertz CT molecular complexity index is 189. The van der Waals surface area contributed by atoms with E-state index >= 15 is 0 Å². The van der Waals surface area contributed by atoms with Gasteiger partial charge >= 0.3 is 0 Å². The van der Waals surface area contributed by atoms with Crippen molar-refractivity contribution in [2.24, 2.45) is 0 Å². The van der Waals surface area contributed by atoms with Gasteiger partial charge in [-0.15, -0.1) is 0 Å². The van der Waals surface area contributed by atoms with Gasteiger partial charge in [-0.05, 0) is 12.8 Å². The molecule has 0 N–H and O–H groups in total. The van der Waals surface area contributed by atoms with E-state index in [1.54, 1.807) is 0 Å². The minimum absolute atomic E-state index is 1.13. The van der Waals surface area contributed by atoms with Gasteiger partial charge in [-0.25, -0.2) is 0 Å². The monoisotopic (exact) mass is 252 g/mol. The number of allylic oxidation sites excluding steroid dienone is 2. The summed E-state index contributed by atoms with van der Waals surface area (Å²) in [5, 5.41) is 0. The first kappa shape index (κ1) is 17.4. The zero-order chi connectivity index (χ0) is 13.6. The standard InChI is InChI=1S/C14H26N2.C2H6/c1-3-5-7-9-15-11-13-16(14-12-15)10-8-6-4-2;1-2/h5-8H,3-4,9-14H2,1-2H3;1-2H3/b7-5+,8-6+;. The van der Waals surface area contributed by atoms with Gasteiger partial charge in [0.2, 0.25) is 0 Å². The van der Waals surface area contributed by atoms with Crippen molar-refractivity contribution in [3.63, 3.8) is 0 Å². The lowest BCUT2D eigenvalue weighted by molar-refractivity contribution is 0.153. The summed E-state index contributed by atoms with van der Waals surface area (Å²) in [6, 6.07) is 0. The first-order valence-electron chi connectivity index (χ1n) is 7.61. The largest absolute Gasteiger partial charge is 0.297 e. The van der Waals surface area contributed by atoms with Crippen LogP contribution >= 0.6 is 0 Å². The van der Waals surface area contributed by atoms with Gasteiger partial charge in [-0.1, -0.05) is 52.0 Å². The first-order valence-corrected chi connectivity index (χ1v) is 7.61. The van der Waals surface area contributed by atoms with E-state index in [-0.39, 0.29) is 0 Å². The summed E-state index contributed by atoms with van der Waals surface area (Å²) in [5.41, 5.74) is 0. The van der Waals surface area contributed by atoms with Crippen LogP contribution in [-0.4, -0.2) is 49.1 Å². The van der Waals surface area contributed by atoms with E-state index in [2.05, 4.69) is 48.0 Å². The Balaban J connectivity index is 0.00000137. The molecule has 2 heteroatoms. The fourth-order valence-electron chi connectivity index (χ4n) is 1.93. The summed E-state index contributed by atoms with van der Waals surface area (Å²) < 4.78 is 0. The summed E-state index contributed by atoms with van der Waals surface area (Å²) in [6.07, 6.45) is 11.4. The highest BCUT2D eigenvalue weighted by Gasteiger charge is 2.13. The highest BCUT2D eigenvalue weighted by Crippen LogP contribution is 2.02. The number of rotatable bonds is 6. The average Bonchev–Trinajstić information content (AvgIpc) is 2.43. The topological polar surface area (TPSA) is 6.48 Å². The van der Waals surface area contributed by atoms with Gasteiger partial charge in [0.05, 0.1) is 0 Å². The summed E-state index contributed by atoms with van der Waals surface area (Å²) in [6.45, 7) is 15.5. The number of hydrogen-bond donors (Lipinski definition) is 0. The van der Waals surface area contributed by atoms with Gasteiger partial charge in [0.15, 0.2) is 0 Å². The van der Waals surface area contributed by atoms with E-state index in [1.165, 1.54) is 26.2 Å². The minimum atomic E-state index is 1.13. The van der Waals surface area contributed by atoms with Gasteiger partial charge in [-0.3, -0.25) is 9.80 Å². The van der Waals surface area contributed by atoms with Crippen molar-refractivity contribution in [3.05, 3.63) is 24.3 Å². The molecule has 0 amide bonds. The third-order valence-corrected chi connectivity index (χ3v) is 3.00. The number of nitrogens with zero attached hydrogens (tertiary/aromatic N) is 2. The highest BCUT2D eigenvalue weighted by atomic mass is 15.3. The molecule has 0 bridgehead atoms. The SMILES string of the molecule is CC.CC/C=C/CN1CCN(C/C=C/CC)CC1. The van der Waals surface area contributed by atoms with Crippen molar-refractivity contribution >= 4 is 0 Å². The normalized spacial score (nSPS) is 18.2. The molecule has 1 saturated heterocycles. The molecule has 0 saturated carbocycles. The minimum Gasteiger partial charge on any atom is -0.297 e. The van der Waals surface area contributed by atoms with Gasteiger partial charge in [0, 0.05) is 39.3 Å². The molecule has 0 unspecified atom stereocenters. The van der Waals surface area contributed by atoms with Crippen LogP contribution in [0.25, 0.3) is 0 Å². The van der Waals surface area contributed by atoms with Gasteiger partial charge < -0.3 is 0 Å². The predicted molar refractivity (Wildman–Crippen MR) is 83.1 cm³/mol.